The van der Waals surface area contributed by atoms with Crippen molar-refractivity contribution < 1.29 is 13.0 Å². The van der Waals surface area contributed by atoms with Crippen LogP contribution >= 0.6 is 0 Å². The summed E-state index contributed by atoms with van der Waals surface area (Å²) in [4.78, 5) is 0. The molecule has 2 nitrogen and oxygen atoms in total. The third kappa shape index (κ3) is 3.98. The zero-order valence-electron chi connectivity index (χ0n) is 9.08. The molecule has 0 fully saturated rings. The van der Waals surface area contributed by atoms with Crippen LogP contribution in [0.25, 0.3) is 0 Å². The molecule has 90 valence electrons. The number of rotatable bonds is 5. The third-order valence-corrected chi connectivity index (χ3v) is 3.78. The average Bonchev–Trinajstić information content (AvgIpc) is 2.22. The van der Waals surface area contributed by atoms with Gasteiger partial charge in [-0.2, -0.15) is 0 Å². The number of hydrogen-bond acceptors (Lipinski definition) is 2. The minimum atomic E-state index is -1.16. The van der Waals surface area contributed by atoms with Crippen molar-refractivity contribution in [1.82, 2.24) is 0 Å². The molecule has 0 radical (unpaired) electrons. The second-order valence-corrected chi connectivity index (χ2v) is 5.33. The topological polar surface area (TPSA) is 43.1 Å². The van der Waals surface area contributed by atoms with E-state index >= 15 is 0 Å². The molecule has 0 saturated carbocycles. The van der Waals surface area contributed by atoms with Crippen LogP contribution in [0.2, 0.25) is 0 Å². The van der Waals surface area contributed by atoms with Gasteiger partial charge in [0.2, 0.25) is 0 Å². The number of nitrogens with two attached hydrogens (primary N) is 1. The van der Waals surface area contributed by atoms with Gasteiger partial charge in [-0.3, -0.25) is 4.21 Å². The van der Waals surface area contributed by atoms with Crippen molar-refractivity contribution in [2.75, 3.05) is 12.3 Å². The van der Waals surface area contributed by atoms with Gasteiger partial charge in [-0.1, -0.05) is 13.0 Å². The molecular formula is C11H15F2NOS. The van der Waals surface area contributed by atoms with Gasteiger partial charge in [0, 0.05) is 28.2 Å². The molecule has 0 aromatic heterocycles. The van der Waals surface area contributed by atoms with E-state index in [1.54, 1.807) is 0 Å². The third-order valence-electron chi connectivity index (χ3n) is 2.20. The first-order valence-electron chi connectivity index (χ1n) is 5.02. The van der Waals surface area contributed by atoms with Crippen LogP contribution in [0.5, 0.6) is 0 Å². The maximum atomic E-state index is 13.2. The average molecular weight is 247 g/mol. The van der Waals surface area contributed by atoms with E-state index in [9.17, 15) is 13.0 Å². The Balaban J connectivity index is 2.63. The van der Waals surface area contributed by atoms with Crippen molar-refractivity contribution >= 4 is 10.8 Å². The molecule has 16 heavy (non-hydrogen) atoms. The summed E-state index contributed by atoms with van der Waals surface area (Å²) in [6.07, 6.45) is 0. The standard InChI is InChI=1S/C11H15F2NOS/c1-8(5-14)6-16(15)7-9-2-3-10(12)4-11(9)13/h2-4,8H,5-7,14H2,1H3. The van der Waals surface area contributed by atoms with Gasteiger partial charge in [-0.15, -0.1) is 0 Å². The largest absolute Gasteiger partial charge is 0.330 e. The molecule has 0 heterocycles. The number of hydrogen-bond donors (Lipinski definition) is 1. The zero-order chi connectivity index (χ0) is 12.1. The van der Waals surface area contributed by atoms with E-state index < -0.39 is 22.4 Å². The molecule has 2 unspecified atom stereocenters. The molecule has 0 amide bonds. The first-order chi connectivity index (χ1) is 7.52. The summed E-state index contributed by atoms with van der Waals surface area (Å²) >= 11 is 0. The normalized spacial score (nSPS) is 14.8. The summed E-state index contributed by atoms with van der Waals surface area (Å²) in [6.45, 7) is 2.34. The number of halogens is 2. The van der Waals surface area contributed by atoms with Crippen LogP contribution in [0.15, 0.2) is 18.2 Å². The van der Waals surface area contributed by atoms with Gasteiger partial charge >= 0.3 is 0 Å². The highest BCUT2D eigenvalue weighted by molar-refractivity contribution is 7.84. The molecule has 0 bridgehead atoms. The van der Waals surface area contributed by atoms with Crippen LogP contribution in [0.4, 0.5) is 8.78 Å². The van der Waals surface area contributed by atoms with Crippen molar-refractivity contribution in [1.29, 1.82) is 0 Å². The highest BCUT2D eigenvalue weighted by Gasteiger charge is 2.10. The summed E-state index contributed by atoms with van der Waals surface area (Å²) in [7, 11) is -1.16. The predicted molar refractivity (Wildman–Crippen MR) is 61.3 cm³/mol. The van der Waals surface area contributed by atoms with E-state index in [0.29, 0.717) is 12.3 Å². The molecule has 0 aliphatic rings. The van der Waals surface area contributed by atoms with Crippen molar-refractivity contribution in [3.8, 4) is 0 Å². The first kappa shape index (κ1) is 13.3. The lowest BCUT2D eigenvalue weighted by Gasteiger charge is -2.08. The molecule has 0 aliphatic heterocycles. The van der Waals surface area contributed by atoms with Crippen LogP contribution < -0.4 is 5.73 Å². The smallest absolute Gasteiger partial charge is 0.130 e. The molecule has 0 aliphatic carbocycles. The van der Waals surface area contributed by atoms with E-state index in [1.165, 1.54) is 12.1 Å². The van der Waals surface area contributed by atoms with E-state index in [4.69, 9.17) is 5.73 Å². The lowest BCUT2D eigenvalue weighted by molar-refractivity contribution is 0.575. The SMILES string of the molecule is CC(CN)CS(=O)Cc1ccc(F)cc1F. The molecule has 2 atom stereocenters. The summed E-state index contributed by atoms with van der Waals surface area (Å²) < 4.78 is 37.5. The second-order valence-electron chi connectivity index (χ2n) is 3.83. The molecular weight excluding hydrogens is 232 g/mol. The Morgan fingerprint density at radius 2 is 2.12 bits per heavy atom. The quantitative estimate of drug-likeness (QED) is 0.862. The van der Waals surface area contributed by atoms with E-state index in [-0.39, 0.29) is 17.2 Å². The second kappa shape index (κ2) is 6.06. The fourth-order valence-corrected chi connectivity index (χ4v) is 2.73. The van der Waals surface area contributed by atoms with Gasteiger partial charge in [-0.25, -0.2) is 8.78 Å². The summed E-state index contributed by atoms with van der Waals surface area (Å²) in [5.74, 6) is -0.579. The Morgan fingerprint density at radius 1 is 1.44 bits per heavy atom. The monoisotopic (exact) mass is 247 g/mol. The van der Waals surface area contributed by atoms with Gasteiger partial charge < -0.3 is 5.73 Å². The van der Waals surface area contributed by atoms with Crippen molar-refractivity contribution in [3.63, 3.8) is 0 Å². The minimum absolute atomic E-state index is 0.108. The Bertz CT molecular complexity index is 384. The van der Waals surface area contributed by atoms with Crippen LogP contribution in [-0.4, -0.2) is 16.5 Å². The van der Waals surface area contributed by atoms with Gasteiger partial charge in [0.15, 0.2) is 0 Å². The molecule has 1 aromatic rings. The highest BCUT2D eigenvalue weighted by atomic mass is 32.2. The van der Waals surface area contributed by atoms with Crippen LogP contribution in [0.1, 0.15) is 12.5 Å². The molecule has 0 spiro atoms. The van der Waals surface area contributed by atoms with Crippen molar-refractivity contribution in [3.05, 3.63) is 35.4 Å². The summed E-state index contributed by atoms with van der Waals surface area (Å²) in [5.41, 5.74) is 5.69. The van der Waals surface area contributed by atoms with Gasteiger partial charge in [0.1, 0.15) is 11.6 Å². The molecule has 1 rings (SSSR count). The zero-order valence-corrected chi connectivity index (χ0v) is 9.90. The van der Waals surface area contributed by atoms with Crippen LogP contribution in [-0.2, 0) is 16.6 Å². The molecule has 5 heteroatoms. The van der Waals surface area contributed by atoms with Gasteiger partial charge in [-0.05, 0) is 18.5 Å². The van der Waals surface area contributed by atoms with Crippen molar-refractivity contribution in [2.24, 2.45) is 11.7 Å². The van der Waals surface area contributed by atoms with E-state index in [0.717, 1.165) is 6.07 Å². The summed E-state index contributed by atoms with van der Waals surface area (Å²) in [6, 6.07) is 3.30. The lowest BCUT2D eigenvalue weighted by Crippen LogP contribution is -2.18. The fourth-order valence-electron chi connectivity index (χ4n) is 1.26. The highest BCUT2D eigenvalue weighted by Crippen LogP contribution is 2.12. The fraction of sp³-hybridized carbons (Fsp3) is 0.455. The Kier molecular flexibility index (Phi) is 5.02. The predicted octanol–water partition coefficient (Wildman–Crippen LogP) is 1.81. The Labute approximate surface area is 96.3 Å². The Morgan fingerprint density at radius 3 is 2.69 bits per heavy atom. The lowest BCUT2D eigenvalue weighted by atomic mass is 10.2. The maximum Gasteiger partial charge on any atom is 0.130 e. The molecule has 1 aromatic carbocycles. The van der Waals surface area contributed by atoms with Crippen LogP contribution in [0.3, 0.4) is 0 Å². The van der Waals surface area contributed by atoms with Gasteiger partial charge in [0.05, 0.1) is 5.75 Å². The van der Waals surface area contributed by atoms with Crippen LogP contribution in [0, 0.1) is 17.6 Å². The first-order valence-corrected chi connectivity index (χ1v) is 6.50. The Hall–Kier alpha value is -0.810. The molecule has 0 saturated heterocycles. The van der Waals surface area contributed by atoms with E-state index in [2.05, 4.69) is 0 Å². The van der Waals surface area contributed by atoms with Gasteiger partial charge in [0.25, 0.3) is 0 Å². The van der Waals surface area contributed by atoms with Crippen molar-refractivity contribution in [2.45, 2.75) is 12.7 Å². The summed E-state index contributed by atoms with van der Waals surface area (Å²) in [5, 5.41) is 0. The minimum Gasteiger partial charge on any atom is -0.330 e. The maximum absolute atomic E-state index is 13.2. The molecule has 2 N–H and O–H groups in total. The van der Waals surface area contributed by atoms with E-state index in [1.807, 2.05) is 6.92 Å². The number of benzene rings is 1.